The van der Waals surface area contributed by atoms with E-state index in [-0.39, 0.29) is 11.8 Å². The highest BCUT2D eigenvalue weighted by molar-refractivity contribution is 5.93. The smallest absolute Gasteiger partial charge is 0.227 e. The third kappa shape index (κ3) is 5.72. The van der Waals surface area contributed by atoms with Gasteiger partial charge < -0.3 is 10.2 Å². The largest absolute Gasteiger partial charge is 0.348 e. The highest BCUT2D eigenvalue weighted by atomic mass is 16.1. The van der Waals surface area contributed by atoms with Gasteiger partial charge in [-0.15, -0.1) is 0 Å². The Kier molecular flexibility index (Phi) is 6.98. The fourth-order valence-electron chi connectivity index (χ4n) is 4.28. The van der Waals surface area contributed by atoms with Crippen molar-refractivity contribution in [3.05, 3.63) is 89.6 Å². The summed E-state index contributed by atoms with van der Waals surface area (Å²) in [5, 5.41) is 3.13. The van der Waals surface area contributed by atoms with E-state index in [9.17, 15) is 4.79 Å². The first-order valence-corrected chi connectivity index (χ1v) is 11.3. The molecule has 160 valence electrons. The number of amides is 1. The molecular weight excluding hydrogens is 382 g/mol. The second-order valence-electron chi connectivity index (χ2n) is 8.45. The lowest BCUT2D eigenvalue weighted by Crippen LogP contribution is -2.26. The van der Waals surface area contributed by atoms with Crippen LogP contribution >= 0.6 is 0 Å². The molecule has 1 aromatic heterocycles. The summed E-state index contributed by atoms with van der Waals surface area (Å²) in [6, 6.07) is 24.9. The quantitative estimate of drug-likeness (QED) is 0.508. The highest BCUT2D eigenvalue weighted by Crippen LogP contribution is 2.27. The van der Waals surface area contributed by atoms with Crippen LogP contribution in [-0.2, 0) is 17.9 Å². The van der Waals surface area contributed by atoms with Crippen LogP contribution in [0, 0.1) is 12.8 Å². The van der Waals surface area contributed by atoms with Crippen LogP contribution in [0.15, 0.2) is 72.8 Å². The van der Waals surface area contributed by atoms with Gasteiger partial charge in [-0.05, 0) is 43.0 Å². The van der Waals surface area contributed by atoms with E-state index in [0.717, 1.165) is 56.0 Å². The minimum absolute atomic E-state index is 0.139. The molecule has 4 rings (SSSR count). The lowest BCUT2D eigenvalue weighted by molar-refractivity contribution is -0.120. The number of carbonyl (C=O) groups excluding carboxylic acids is 1. The van der Waals surface area contributed by atoms with E-state index in [1.54, 1.807) is 0 Å². The molecule has 0 atom stereocenters. The van der Waals surface area contributed by atoms with Crippen LogP contribution in [0.25, 0.3) is 0 Å². The zero-order valence-corrected chi connectivity index (χ0v) is 18.3. The van der Waals surface area contributed by atoms with E-state index in [0.29, 0.717) is 0 Å². The van der Waals surface area contributed by atoms with Crippen LogP contribution in [0.1, 0.15) is 48.9 Å². The van der Waals surface area contributed by atoms with E-state index < -0.39 is 0 Å². The summed E-state index contributed by atoms with van der Waals surface area (Å²) in [6.45, 7) is 3.52. The number of nitrogens with one attached hydrogen (secondary N) is 1. The SMILES string of the molecule is Cc1nc(N(Cc2ccccc2)Cc2ccccc2)ccc1NC(=O)C1CCCCC1. The number of rotatable bonds is 7. The van der Waals surface area contributed by atoms with Crippen molar-refractivity contribution in [3.63, 3.8) is 0 Å². The Bertz CT molecular complexity index is 940. The van der Waals surface area contributed by atoms with Gasteiger partial charge in [0.1, 0.15) is 5.82 Å². The molecule has 1 aliphatic rings. The fourth-order valence-corrected chi connectivity index (χ4v) is 4.28. The predicted molar refractivity (Wildman–Crippen MR) is 127 cm³/mol. The maximum atomic E-state index is 12.7. The Balaban J connectivity index is 1.53. The maximum absolute atomic E-state index is 12.7. The van der Waals surface area contributed by atoms with Crippen LogP contribution in [0.4, 0.5) is 11.5 Å². The molecule has 1 heterocycles. The summed E-state index contributed by atoms with van der Waals surface area (Å²) >= 11 is 0. The average Bonchev–Trinajstić information content (AvgIpc) is 2.82. The van der Waals surface area contributed by atoms with Crippen molar-refractivity contribution in [1.29, 1.82) is 0 Å². The van der Waals surface area contributed by atoms with Crippen molar-refractivity contribution < 1.29 is 4.79 Å². The summed E-state index contributed by atoms with van der Waals surface area (Å²) < 4.78 is 0. The molecule has 1 N–H and O–H groups in total. The normalized spacial score (nSPS) is 14.2. The van der Waals surface area contributed by atoms with Gasteiger partial charge in [0, 0.05) is 19.0 Å². The van der Waals surface area contributed by atoms with E-state index >= 15 is 0 Å². The van der Waals surface area contributed by atoms with Gasteiger partial charge in [-0.3, -0.25) is 4.79 Å². The molecule has 0 aliphatic heterocycles. The van der Waals surface area contributed by atoms with Crippen molar-refractivity contribution in [2.24, 2.45) is 5.92 Å². The summed E-state index contributed by atoms with van der Waals surface area (Å²) in [7, 11) is 0. The molecular formula is C27H31N3O. The zero-order valence-electron chi connectivity index (χ0n) is 18.3. The molecule has 0 unspecified atom stereocenters. The summed E-state index contributed by atoms with van der Waals surface area (Å²) in [6.07, 6.45) is 5.55. The number of anilines is 2. The van der Waals surface area contributed by atoms with Crippen molar-refractivity contribution in [3.8, 4) is 0 Å². The Hall–Kier alpha value is -3.14. The molecule has 2 aromatic carbocycles. The van der Waals surface area contributed by atoms with Crippen LogP contribution in [-0.4, -0.2) is 10.9 Å². The fraction of sp³-hybridized carbons (Fsp3) is 0.333. The standard InChI is InChI=1S/C27H31N3O/c1-21-25(29-27(31)24-15-9-4-10-16-24)17-18-26(28-21)30(19-22-11-5-2-6-12-22)20-23-13-7-3-8-14-23/h2-3,5-8,11-14,17-18,24H,4,9-10,15-16,19-20H2,1H3,(H,29,31). The topological polar surface area (TPSA) is 45.2 Å². The van der Waals surface area contributed by atoms with Crippen molar-refractivity contribution in [2.45, 2.75) is 52.1 Å². The molecule has 1 fully saturated rings. The Morgan fingerprint density at radius 2 is 1.45 bits per heavy atom. The summed E-state index contributed by atoms with van der Waals surface area (Å²) in [5.74, 6) is 1.20. The highest BCUT2D eigenvalue weighted by Gasteiger charge is 2.22. The first-order valence-electron chi connectivity index (χ1n) is 11.3. The van der Waals surface area contributed by atoms with Gasteiger partial charge >= 0.3 is 0 Å². The molecule has 1 saturated carbocycles. The lowest BCUT2D eigenvalue weighted by atomic mass is 9.88. The second kappa shape index (κ2) is 10.3. The number of hydrogen-bond donors (Lipinski definition) is 1. The van der Waals surface area contributed by atoms with Gasteiger partial charge in [-0.2, -0.15) is 0 Å². The van der Waals surface area contributed by atoms with Gasteiger partial charge in [0.25, 0.3) is 0 Å². The molecule has 1 aliphatic carbocycles. The minimum Gasteiger partial charge on any atom is -0.348 e. The van der Waals surface area contributed by atoms with Crippen LogP contribution in [0.5, 0.6) is 0 Å². The average molecular weight is 414 g/mol. The van der Waals surface area contributed by atoms with Crippen LogP contribution < -0.4 is 10.2 Å². The number of nitrogens with zero attached hydrogens (tertiary/aromatic N) is 2. The number of carbonyl (C=O) groups is 1. The van der Waals surface area contributed by atoms with E-state index in [1.165, 1.54) is 17.5 Å². The number of pyridine rings is 1. The first kappa shape index (κ1) is 21.1. The van der Waals surface area contributed by atoms with Crippen molar-refractivity contribution >= 4 is 17.4 Å². The molecule has 3 aromatic rings. The molecule has 0 radical (unpaired) electrons. The zero-order chi connectivity index (χ0) is 21.5. The molecule has 1 amide bonds. The van der Waals surface area contributed by atoms with Gasteiger partial charge in [0.05, 0.1) is 11.4 Å². The van der Waals surface area contributed by atoms with Crippen molar-refractivity contribution in [1.82, 2.24) is 4.98 Å². The third-order valence-corrected chi connectivity index (χ3v) is 6.06. The predicted octanol–water partition coefficient (Wildman–Crippen LogP) is 6.12. The lowest BCUT2D eigenvalue weighted by Gasteiger charge is -2.25. The van der Waals surface area contributed by atoms with Gasteiger partial charge in [0.15, 0.2) is 0 Å². The molecule has 31 heavy (non-hydrogen) atoms. The third-order valence-electron chi connectivity index (χ3n) is 6.06. The minimum atomic E-state index is 0.139. The Morgan fingerprint density at radius 3 is 2.00 bits per heavy atom. The van der Waals surface area contributed by atoms with Crippen LogP contribution in [0.3, 0.4) is 0 Å². The van der Waals surface area contributed by atoms with Crippen LogP contribution in [0.2, 0.25) is 0 Å². The van der Waals surface area contributed by atoms with E-state index in [2.05, 4.69) is 58.7 Å². The van der Waals surface area contributed by atoms with Gasteiger partial charge in [-0.25, -0.2) is 4.98 Å². The monoisotopic (exact) mass is 413 g/mol. The number of aromatic nitrogens is 1. The molecule has 0 saturated heterocycles. The Labute approximate surface area is 185 Å². The molecule has 0 bridgehead atoms. The summed E-state index contributed by atoms with van der Waals surface area (Å²) in [4.78, 5) is 19.8. The molecule has 4 nitrogen and oxygen atoms in total. The first-order chi connectivity index (χ1) is 15.2. The van der Waals surface area contributed by atoms with Crippen molar-refractivity contribution in [2.75, 3.05) is 10.2 Å². The number of aryl methyl sites for hydroxylation is 1. The van der Waals surface area contributed by atoms with Gasteiger partial charge in [0.2, 0.25) is 5.91 Å². The van der Waals surface area contributed by atoms with Gasteiger partial charge in [-0.1, -0.05) is 79.9 Å². The second-order valence-corrected chi connectivity index (χ2v) is 8.45. The number of hydrogen-bond acceptors (Lipinski definition) is 3. The number of benzene rings is 2. The maximum Gasteiger partial charge on any atom is 0.227 e. The molecule has 4 heteroatoms. The van der Waals surface area contributed by atoms with E-state index in [4.69, 9.17) is 4.98 Å². The van der Waals surface area contributed by atoms with E-state index in [1.807, 2.05) is 31.2 Å². The summed E-state index contributed by atoms with van der Waals surface area (Å²) in [5.41, 5.74) is 4.16. The Morgan fingerprint density at radius 1 is 0.871 bits per heavy atom. The molecule has 0 spiro atoms.